The Morgan fingerprint density at radius 1 is 0.971 bits per heavy atom. The number of hydrogen-bond acceptors (Lipinski definition) is 5. The molecule has 0 spiro atoms. The number of unbranched alkanes of at least 4 members (excludes halogenated alkanes) is 5. The molecule has 0 bridgehead atoms. The second kappa shape index (κ2) is 11.6. The maximum atomic E-state index is 13.0. The first-order chi connectivity index (χ1) is 16.7. The van der Waals surface area contributed by atoms with Crippen molar-refractivity contribution in [2.24, 2.45) is 0 Å². The molecule has 0 unspecified atom stereocenters. The lowest BCUT2D eigenvalue weighted by atomic mass is 10.1. The molecule has 1 N–H and O–H groups in total. The smallest absolute Gasteiger partial charge is 0.259 e. The van der Waals surface area contributed by atoms with E-state index in [0.29, 0.717) is 48.1 Å². The number of carbonyl (C=O) groups is 1. The average Bonchev–Trinajstić information content (AvgIpc) is 2.85. The summed E-state index contributed by atoms with van der Waals surface area (Å²) >= 11 is 0. The SMILES string of the molecule is CCCCCCCCOc1cccc2c(=O)n(CC(=O)Nc3ccc4c(c3)OCCO4)ccc12. The molecule has 34 heavy (non-hydrogen) atoms. The summed E-state index contributed by atoms with van der Waals surface area (Å²) in [5.74, 6) is 1.66. The van der Waals surface area contributed by atoms with Crippen molar-refractivity contribution in [1.29, 1.82) is 0 Å². The van der Waals surface area contributed by atoms with Crippen LogP contribution in [-0.2, 0) is 11.3 Å². The molecule has 4 rings (SSSR count). The summed E-state index contributed by atoms with van der Waals surface area (Å²) in [6.45, 7) is 3.74. The zero-order chi connectivity index (χ0) is 23.8. The van der Waals surface area contributed by atoms with E-state index in [4.69, 9.17) is 14.2 Å². The molecule has 0 saturated heterocycles. The fourth-order valence-corrected chi connectivity index (χ4v) is 4.08. The van der Waals surface area contributed by atoms with Gasteiger partial charge in [-0.05, 0) is 36.8 Å². The van der Waals surface area contributed by atoms with E-state index in [1.54, 1.807) is 30.5 Å². The van der Waals surface area contributed by atoms with Gasteiger partial charge < -0.3 is 24.1 Å². The lowest BCUT2D eigenvalue weighted by Crippen LogP contribution is -2.27. The quantitative estimate of drug-likeness (QED) is 0.397. The molecule has 7 heteroatoms. The molecule has 0 atom stereocenters. The van der Waals surface area contributed by atoms with Gasteiger partial charge in [0.25, 0.3) is 5.56 Å². The fourth-order valence-electron chi connectivity index (χ4n) is 4.08. The Labute approximate surface area is 199 Å². The number of ether oxygens (including phenoxy) is 3. The molecule has 1 aliphatic rings. The number of carbonyl (C=O) groups excluding carboxylic acids is 1. The number of fused-ring (bicyclic) bond motifs is 2. The fraction of sp³-hybridized carbons (Fsp3) is 0.407. The first kappa shape index (κ1) is 23.7. The van der Waals surface area contributed by atoms with Gasteiger partial charge in [0, 0.05) is 23.3 Å². The van der Waals surface area contributed by atoms with Crippen LogP contribution in [0.2, 0.25) is 0 Å². The van der Waals surface area contributed by atoms with Crippen molar-refractivity contribution in [1.82, 2.24) is 4.57 Å². The van der Waals surface area contributed by atoms with Gasteiger partial charge in [-0.2, -0.15) is 0 Å². The van der Waals surface area contributed by atoms with Gasteiger partial charge in [0.1, 0.15) is 25.5 Å². The van der Waals surface area contributed by atoms with E-state index >= 15 is 0 Å². The van der Waals surface area contributed by atoms with Gasteiger partial charge in [-0.3, -0.25) is 9.59 Å². The van der Waals surface area contributed by atoms with E-state index in [1.165, 1.54) is 30.3 Å². The van der Waals surface area contributed by atoms with Crippen LogP contribution in [0.1, 0.15) is 45.4 Å². The van der Waals surface area contributed by atoms with E-state index in [0.717, 1.165) is 18.2 Å². The Balaban J connectivity index is 1.38. The maximum absolute atomic E-state index is 13.0. The molecule has 1 aromatic heterocycles. The van der Waals surface area contributed by atoms with Crippen molar-refractivity contribution in [2.45, 2.75) is 52.0 Å². The number of aromatic nitrogens is 1. The number of amides is 1. The summed E-state index contributed by atoms with van der Waals surface area (Å²) in [5.41, 5.74) is 0.369. The summed E-state index contributed by atoms with van der Waals surface area (Å²) < 4.78 is 18.4. The van der Waals surface area contributed by atoms with Crippen molar-refractivity contribution in [3.8, 4) is 17.2 Å². The number of benzene rings is 2. The maximum Gasteiger partial charge on any atom is 0.259 e. The second-order valence-electron chi connectivity index (χ2n) is 8.49. The van der Waals surface area contributed by atoms with Crippen LogP contribution in [0.4, 0.5) is 5.69 Å². The van der Waals surface area contributed by atoms with E-state index in [1.807, 2.05) is 18.2 Å². The van der Waals surface area contributed by atoms with Gasteiger partial charge in [-0.15, -0.1) is 0 Å². The minimum absolute atomic E-state index is 0.0912. The molecule has 2 aromatic carbocycles. The average molecular weight is 465 g/mol. The molecular weight excluding hydrogens is 432 g/mol. The second-order valence-corrected chi connectivity index (χ2v) is 8.49. The van der Waals surface area contributed by atoms with E-state index in [9.17, 15) is 9.59 Å². The summed E-state index contributed by atoms with van der Waals surface area (Å²) in [7, 11) is 0. The summed E-state index contributed by atoms with van der Waals surface area (Å²) in [5, 5.41) is 4.12. The van der Waals surface area contributed by atoms with Gasteiger partial charge in [-0.25, -0.2) is 0 Å². The lowest BCUT2D eigenvalue weighted by molar-refractivity contribution is -0.116. The third-order valence-corrected chi connectivity index (χ3v) is 5.87. The van der Waals surface area contributed by atoms with Crippen LogP contribution in [0.15, 0.2) is 53.5 Å². The van der Waals surface area contributed by atoms with Crippen LogP contribution in [-0.4, -0.2) is 30.3 Å². The predicted octanol–water partition coefficient (Wildman–Crippen LogP) is 5.15. The Hall–Kier alpha value is -3.48. The first-order valence-corrected chi connectivity index (χ1v) is 12.1. The number of nitrogens with one attached hydrogen (secondary N) is 1. The van der Waals surface area contributed by atoms with E-state index < -0.39 is 0 Å². The van der Waals surface area contributed by atoms with Gasteiger partial charge in [0.05, 0.1) is 12.0 Å². The first-order valence-electron chi connectivity index (χ1n) is 12.1. The Morgan fingerprint density at radius 3 is 2.62 bits per heavy atom. The van der Waals surface area contributed by atoms with Crippen LogP contribution in [0, 0.1) is 0 Å². The van der Waals surface area contributed by atoms with Crippen molar-refractivity contribution in [3.63, 3.8) is 0 Å². The molecule has 2 heterocycles. The van der Waals surface area contributed by atoms with Gasteiger partial charge >= 0.3 is 0 Å². The molecule has 180 valence electrons. The third kappa shape index (κ3) is 5.90. The Bertz CT molecular complexity index is 1190. The molecule has 3 aromatic rings. The summed E-state index contributed by atoms with van der Waals surface area (Å²) in [6.07, 6.45) is 8.81. The highest BCUT2D eigenvalue weighted by molar-refractivity contribution is 5.92. The normalized spacial score (nSPS) is 12.5. The van der Waals surface area contributed by atoms with Crippen LogP contribution >= 0.6 is 0 Å². The zero-order valence-electron chi connectivity index (χ0n) is 19.7. The summed E-state index contributed by atoms with van der Waals surface area (Å²) in [4.78, 5) is 25.6. The van der Waals surface area contributed by atoms with Gasteiger partial charge in [0.2, 0.25) is 5.91 Å². The molecule has 0 aliphatic carbocycles. The molecule has 0 radical (unpaired) electrons. The highest BCUT2D eigenvalue weighted by Gasteiger charge is 2.14. The lowest BCUT2D eigenvalue weighted by Gasteiger charge is -2.19. The van der Waals surface area contributed by atoms with Crippen molar-refractivity contribution >= 4 is 22.4 Å². The molecule has 1 amide bonds. The zero-order valence-corrected chi connectivity index (χ0v) is 19.7. The monoisotopic (exact) mass is 464 g/mol. The highest BCUT2D eigenvalue weighted by Crippen LogP contribution is 2.32. The standard InChI is InChI=1S/C27H32N2O5/c1-2-3-4-5-6-7-15-32-23-10-8-9-22-21(23)13-14-29(27(22)31)19-26(30)28-20-11-12-24-25(18-20)34-17-16-33-24/h8-14,18H,2-7,15-17,19H2,1H3,(H,28,30). The number of nitrogens with zero attached hydrogens (tertiary/aromatic N) is 1. The minimum Gasteiger partial charge on any atom is -0.493 e. The third-order valence-electron chi connectivity index (χ3n) is 5.87. The van der Waals surface area contributed by atoms with E-state index in [2.05, 4.69) is 12.2 Å². The number of rotatable bonds is 11. The van der Waals surface area contributed by atoms with Gasteiger partial charge in [-0.1, -0.05) is 45.1 Å². The molecule has 1 aliphatic heterocycles. The number of pyridine rings is 1. The molecule has 0 fully saturated rings. The summed E-state index contributed by atoms with van der Waals surface area (Å²) in [6, 6.07) is 12.6. The number of anilines is 1. The van der Waals surface area contributed by atoms with Gasteiger partial charge in [0.15, 0.2) is 11.5 Å². The Morgan fingerprint density at radius 2 is 1.76 bits per heavy atom. The molecular formula is C27H32N2O5. The van der Waals surface area contributed by atoms with Crippen LogP contribution in [0.25, 0.3) is 10.8 Å². The van der Waals surface area contributed by atoms with Crippen molar-refractivity contribution in [3.05, 3.63) is 59.0 Å². The Kier molecular flexibility index (Phi) is 8.07. The molecule has 0 saturated carbocycles. The topological polar surface area (TPSA) is 78.8 Å². The largest absolute Gasteiger partial charge is 0.493 e. The van der Waals surface area contributed by atoms with Crippen LogP contribution in [0.3, 0.4) is 0 Å². The van der Waals surface area contributed by atoms with Crippen molar-refractivity contribution < 1.29 is 19.0 Å². The van der Waals surface area contributed by atoms with Crippen molar-refractivity contribution in [2.75, 3.05) is 25.1 Å². The molecule has 7 nitrogen and oxygen atoms in total. The van der Waals surface area contributed by atoms with E-state index in [-0.39, 0.29) is 18.0 Å². The minimum atomic E-state index is -0.298. The highest BCUT2D eigenvalue weighted by atomic mass is 16.6. The number of hydrogen-bond donors (Lipinski definition) is 1. The predicted molar refractivity (Wildman–Crippen MR) is 133 cm³/mol. The van der Waals surface area contributed by atoms with Crippen LogP contribution in [0.5, 0.6) is 17.2 Å². The van der Waals surface area contributed by atoms with Crippen LogP contribution < -0.4 is 25.1 Å².